The third-order valence-corrected chi connectivity index (χ3v) is 6.23. The van der Waals surface area contributed by atoms with E-state index in [2.05, 4.69) is 36.2 Å². The van der Waals surface area contributed by atoms with Crippen molar-refractivity contribution >= 4 is 29.5 Å². The lowest BCUT2D eigenvalue weighted by Gasteiger charge is -2.24. The van der Waals surface area contributed by atoms with Crippen LogP contribution in [0.1, 0.15) is 42.6 Å². The Morgan fingerprint density at radius 3 is 2.43 bits per heavy atom. The highest BCUT2D eigenvalue weighted by atomic mass is 19.4. The number of benzene rings is 2. The second-order valence-corrected chi connectivity index (χ2v) is 10.3. The van der Waals surface area contributed by atoms with E-state index in [1.54, 1.807) is 41.3 Å². The van der Waals surface area contributed by atoms with Gasteiger partial charge in [-0.1, -0.05) is 12.1 Å². The fraction of sp³-hybridized carbons (Fsp3) is 0.414. The number of halogens is 3. The third kappa shape index (κ3) is 10.5. The second kappa shape index (κ2) is 15.1. The van der Waals surface area contributed by atoms with Crippen LogP contribution in [0.15, 0.2) is 48.5 Å². The Bertz CT molecular complexity index is 1390. The highest BCUT2D eigenvalue weighted by Crippen LogP contribution is 2.21. The molecule has 0 radical (unpaired) electrons. The molecule has 12 nitrogen and oxygen atoms in total. The summed E-state index contributed by atoms with van der Waals surface area (Å²) in [5.41, 5.74) is 1.73. The molecule has 0 saturated carbocycles. The summed E-state index contributed by atoms with van der Waals surface area (Å²) >= 11 is 0. The molecule has 5 heterocycles. The second-order valence-electron chi connectivity index (χ2n) is 10.3. The summed E-state index contributed by atoms with van der Waals surface area (Å²) in [6.45, 7) is 4.03. The zero-order valence-corrected chi connectivity index (χ0v) is 24.4. The zero-order chi connectivity index (χ0) is 31.5. The van der Waals surface area contributed by atoms with Gasteiger partial charge in [-0.2, -0.15) is 28.1 Å². The van der Waals surface area contributed by atoms with Crippen LogP contribution < -0.4 is 30.7 Å². The minimum Gasteiger partial charge on any atom is -0.492 e. The molecule has 15 heteroatoms. The normalized spacial score (nSPS) is 15.0. The van der Waals surface area contributed by atoms with Crippen LogP contribution in [0.4, 0.5) is 35.5 Å². The van der Waals surface area contributed by atoms with Crippen LogP contribution >= 0.6 is 0 Å². The number of ether oxygens (including phenoxy) is 2. The number of carbonyl (C=O) groups is 2. The molecular weight excluding hydrogens is 581 g/mol. The van der Waals surface area contributed by atoms with Gasteiger partial charge in [0, 0.05) is 36.9 Å². The average Bonchev–Trinajstić information content (AvgIpc) is 2.97. The molecule has 4 aliphatic rings. The van der Waals surface area contributed by atoms with Crippen molar-refractivity contribution in [3.63, 3.8) is 0 Å². The van der Waals surface area contributed by atoms with Crippen molar-refractivity contribution in [3.8, 4) is 11.8 Å². The predicted molar refractivity (Wildman–Crippen MR) is 157 cm³/mol. The monoisotopic (exact) mass is 616 g/mol. The van der Waals surface area contributed by atoms with Gasteiger partial charge in [0.1, 0.15) is 12.4 Å². The van der Waals surface area contributed by atoms with E-state index in [1.807, 2.05) is 26.0 Å². The highest BCUT2D eigenvalue weighted by Gasteiger charge is 2.29. The number of amides is 3. The Labute approximate surface area is 252 Å². The number of nitrogens with zero attached hydrogens (tertiary/aromatic N) is 4. The molecule has 3 aromatic rings. The highest BCUT2D eigenvalue weighted by molar-refractivity contribution is 5.94. The van der Waals surface area contributed by atoms with Crippen LogP contribution in [-0.4, -0.2) is 76.9 Å². The van der Waals surface area contributed by atoms with Crippen LogP contribution in [0.25, 0.3) is 0 Å². The Hall–Kier alpha value is -4.82. The average molecular weight is 617 g/mol. The molecule has 6 bridgehead atoms. The molecule has 3 amide bonds. The molecule has 0 atom stereocenters. The first kappa shape index (κ1) is 32.1. The SMILES string of the molecule is CC(C)NC(=O)N1CCCCNC(=O)c2ccc(cc2)Nc2nc(nc(OCC(F)(F)F)n2)NCc2ccc(cc2)OCC1. The summed E-state index contributed by atoms with van der Waals surface area (Å²) in [6.07, 6.45) is -3.24. The van der Waals surface area contributed by atoms with Crippen molar-refractivity contribution in [2.45, 2.75) is 45.5 Å². The smallest absolute Gasteiger partial charge is 0.422 e. The van der Waals surface area contributed by atoms with Gasteiger partial charge in [0.15, 0.2) is 6.61 Å². The van der Waals surface area contributed by atoms with E-state index in [0.717, 1.165) is 5.56 Å². The van der Waals surface area contributed by atoms with Gasteiger partial charge in [-0.25, -0.2) is 4.79 Å². The lowest BCUT2D eigenvalue weighted by atomic mass is 10.2. The van der Waals surface area contributed by atoms with Gasteiger partial charge in [0.25, 0.3) is 5.91 Å². The number of rotatable bonds is 3. The number of anilines is 3. The van der Waals surface area contributed by atoms with Crippen LogP contribution in [0.5, 0.6) is 11.8 Å². The van der Waals surface area contributed by atoms with Crippen molar-refractivity contribution in [3.05, 3.63) is 59.7 Å². The van der Waals surface area contributed by atoms with Crippen LogP contribution in [0.3, 0.4) is 0 Å². The van der Waals surface area contributed by atoms with Gasteiger partial charge in [-0.15, -0.1) is 0 Å². The predicted octanol–water partition coefficient (Wildman–Crippen LogP) is 4.49. The lowest BCUT2D eigenvalue weighted by Crippen LogP contribution is -2.45. The van der Waals surface area contributed by atoms with E-state index in [4.69, 9.17) is 9.47 Å². The summed E-state index contributed by atoms with van der Waals surface area (Å²) in [7, 11) is 0. The maximum atomic E-state index is 12.8. The quantitative estimate of drug-likeness (QED) is 0.335. The molecule has 44 heavy (non-hydrogen) atoms. The van der Waals surface area contributed by atoms with Gasteiger partial charge < -0.3 is 35.6 Å². The zero-order valence-electron chi connectivity index (χ0n) is 24.4. The number of aromatic nitrogens is 3. The molecule has 2 aromatic carbocycles. The number of hydrogen-bond acceptors (Lipinski definition) is 9. The number of alkyl halides is 3. The van der Waals surface area contributed by atoms with Crippen LogP contribution in [0.2, 0.25) is 0 Å². The van der Waals surface area contributed by atoms with Crippen molar-refractivity contribution in [1.82, 2.24) is 30.5 Å². The molecule has 7 rings (SSSR count). The van der Waals surface area contributed by atoms with Gasteiger partial charge in [0.2, 0.25) is 11.9 Å². The maximum Gasteiger partial charge on any atom is 0.422 e. The molecule has 0 unspecified atom stereocenters. The molecule has 1 aromatic heterocycles. The van der Waals surface area contributed by atoms with Gasteiger partial charge >= 0.3 is 18.2 Å². The van der Waals surface area contributed by atoms with Crippen LogP contribution in [-0.2, 0) is 6.54 Å². The van der Waals surface area contributed by atoms with E-state index in [-0.39, 0.29) is 43.0 Å². The van der Waals surface area contributed by atoms with Crippen LogP contribution in [0, 0.1) is 0 Å². The lowest BCUT2D eigenvalue weighted by molar-refractivity contribution is -0.154. The number of urea groups is 1. The van der Waals surface area contributed by atoms with E-state index >= 15 is 0 Å². The molecule has 0 fully saturated rings. The van der Waals surface area contributed by atoms with Gasteiger partial charge in [0.05, 0.1) is 6.54 Å². The van der Waals surface area contributed by atoms with E-state index in [1.165, 1.54) is 0 Å². The van der Waals surface area contributed by atoms with E-state index in [0.29, 0.717) is 49.5 Å². The first-order chi connectivity index (χ1) is 21.0. The Morgan fingerprint density at radius 2 is 1.73 bits per heavy atom. The van der Waals surface area contributed by atoms with E-state index in [9.17, 15) is 22.8 Å². The molecular formula is C29H35F3N8O4. The summed E-state index contributed by atoms with van der Waals surface area (Å²) in [5.74, 6) is 0.278. The van der Waals surface area contributed by atoms with Crippen molar-refractivity contribution in [1.29, 1.82) is 0 Å². The Kier molecular flexibility index (Phi) is 11.0. The molecule has 236 valence electrons. The fourth-order valence-corrected chi connectivity index (χ4v) is 4.08. The Balaban J connectivity index is 1.54. The maximum absolute atomic E-state index is 12.8. The van der Waals surface area contributed by atoms with Crippen molar-refractivity contribution in [2.24, 2.45) is 0 Å². The summed E-state index contributed by atoms with van der Waals surface area (Å²) in [6, 6.07) is 12.9. The molecule has 4 N–H and O–H groups in total. The Morgan fingerprint density at radius 1 is 1.00 bits per heavy atom. The number of nitrogens with one attached hydrogen (secondary N) is 4. The minimum absolute atomic E-state index is 0.00905. The summed E-state index contributed by atoms with van der Waals surface area (Å²) < 4.78 is 49.0. The molecule has 0 aliphatic carbocycles. The fourth-order valence-electron chi connectivity index (χ4n) is 4.08. The largest absolute Gasteiger partial charge is 0.492 e. The molecule has 4 aliphatic heterocycles. The topological polar surface area (TPSA) is 143 Å². The summed E-state index contributed by atoms with van der Waals surface area (Å²) in [4.78, 5) is 39.2. The standard InChI is InChI=1S/C29H35F3N8O4/c1-19(2)35-28(42)40-14-4-3-13-33-24(41)21-7-9-22(10-8-21)36-26-37-25(38-27(39-26)44-18-29(30,31)32)34-17-20-5-11-23(12-6-20)43-16-15-40/h5-12,19H,3-4,13-18H2,1-2H3,(H,33,41)(H,35,42)(H2,34,36,37,38,39). The minimum atomic E-state index is -4.58. The first-order valence-electron chi connectivity index (χ1n) is 14.2. The number of carbonyl (C=O) groups excluding carboxylic acids is 2. The van der Waals surface area contributed by atoms with E-state index < -0.39 is 18.8 Å². The van der Waals surface area contributed by atoms with Gasteiger partial charge in [-0.3, -0.25) is 4.79 Å². The number of hydrogen-bond donors (Lipinski definition) is 4. The first-order valence-corrected chi connectivity index (χ1v) is 14.2. The third-order valence-electron chi connectivity index (χ3n) is 6.23. The molecule has 0 saturated heterocycles. The van der Waals surface area contributed by atoms with Crippen molar-refractivity contribution in [2.75, 3.05) is 43.5 Å². The van der Waals surface area contributed by atoms with Gasteiger partial charge in [-0.05, 0) is 68.7 Å². The molecule has 0 spiro atoms. The van der Waals surface area contributed by atoms with Crippen molar-refractivity contribution < 1.29 is 32.2 Å². The summed E-state index contributed by atoms with van der Waals surface area (Å²) in [5, 5.41) is 11.7.